The lowest BCUT2D eigenvalue weighted by Gasteiger charge is -2.26. The summed E-state index contributed by atoms with van der Waals surface area (Å²) in [4.78, 5) is 2.46. The largest absolute Gasteiger partial charge is 0.293 e. The maximum atomic E-state index is 3.86. The van der Waals surface area contributed by atoms with Crippen LogP contribution in [0.3, 0.4) is 0 Å². The van der Waals surface area contributed by atoms with Crippen LogP contribution in [-0.2, 0) is 0 Å². The monoisotopic (exact) mass is 415 g/mol. The molecule has 0 bridgehead atoms. The van der Waals surface area contributed by atoms with Crippen molar-refractivity contribution in [3.8, 4) is 0 Å². The minimum atomic E-state index is 0. The van der Waals surface area contributed by atoms with Gasteiger partial charge in [-0.2, -0.15) is 0 Å². The van der Waals surface area contributed by atoms with Gasteiger partial charge in [-0.15, -0.1) is 30.1 Å². The molecule has 1 atom stereocenters. The first-order valence-corrected chi connectivity index (χ1v) is 10.7. The van der Waals surface area contributed by atoms with E-state index in [0.717, 1.165) is 13.1 Å². The van der Waals surface area contributed by atoms with Gasteiger partial charge in [-0.3, -0.25) is 4.90 Å². The van der Waals surface area contributed by atoms with Crippen LogP contribution in [0.25, 0.3) is 0 Å². The summed E-state index contributed by atoms with van der Waals surface area (Å²) in [5.41, 5.74) is 0. The molecular formula is C23H46BrN. The number of halogens is 1. The number of unbranched alkanes of at least 4 members (excludes halogenated alkanes) is 12. The number of nitrogens with zero attached hydrogens (tertiary/aromatic N) is 1. The first kappa shape index (κ1) is 27.1. The van der Waals surface area contributed by atoms with E-state index >= 15 is 0 Å². The van der Waals surface area contributed by atoms with Crippen molar-refractivity contribution in [2.75, 3.05) is 13.1 Å². The Kier molecular flexibility index (Phi) is 23.8. The summed E-state index contributed by atoms with van der Waals surface area (Å²) in [6, 6.07) is 0.647. The lowest BCUT2D eigenvalue weighted by Crippen LogP contribution is -2.33. The van der Waals surface area contributed by atoms with Crippen molar-refractivity contribution in [1.29, 1.82) is 0 Å². The molecule has 1 unspecified atom stereocenters. The van der Waals surface area contributed by atoms with E-state index in [9.17, 15) is 0 Å². The summed E-state index contributed by atoms with van der Waals surface area (Å²) in [5.74, 6) is 0. The van der Waals surface area contributed by atoms with E-state index in [1.54, 1.807) is 0 Å². The normalized spacial score (nSPS) is 12.0. The Bertz CT molecular complexity index is 267. The van der Waals surface area contributed by atoms with Crippen LogP contribution in [0.5, 0.6) is 0 Å². The second-order valence-electron chi connectivity index (χ2n) is 7.41. The van der Waals surface area contributed by atoms with Crippen LogP contribution >= 0.6 is 17.0 Å². The number of hydrogen-bond donors (Lipinski definition) is 0. The highest BCUT2D eigenvalue weighted by atomic mass is 79.9. The SMILES string of the molecule is Br.C=CCN(CC=C)C(C)CCCCCCCCCCCCCCC. The minimum absolute atomic E-state index is 0. The maximum absolute atomic E-state index is 3.86. The molecular weight excluding hydrogens is 370 g/mol. The van der Waals surface area contributed by atoms with Gasteiger partial charge >= 0.3 is 0 Å². The molecule has 0 aliphatic rings. The minimum Gasteiger partial charge on any atom is -0.293 e. The summed E-state index contributed by atoms with van der Waals surface area (Å²) < 4.78 is 0. The van der Waals surface area contributed by atoms with Gasteiger partial charge in [0.2, 0.25) is 0 Å². The average molecular weight is 417 g/mol. The van der Waals surface area contributed by atoms with Crippen LogP contribution in [-0.4, -0.2) is 24.0 Å². The first-order valence-electron chi connectivity index (χ1n) is 10.7. The molecule has 1 nitrogen and oxygen atoms in total. The van der Waals surface area contributed by atoms with Crippen LogP contribution < -0.4 is 0 Å². The Balaban J connectivity index is 0. The van der Waals surface area contributed by atoms with E-state index in [1.807, 2.05) is 12.2 Å². The molecule has 25 heavy (non-hydrogen) atoms. The van der Waals surface area contributed by atoms with E-state index in [2.05, 4.69) is 31.9 Å². The predicted octanol–water partition coefficient (Wildman–Crippen LogP) is 8.11. The topological polar surface area (TPSA) is 3.24 Å². The Hall–Kier alpha value is -0.0800. The summed E-state index contributed by atoms with van der Waals surface area (Å²) in [6.45, 7) is 14.3. The number of hydrogen-bond acceptors (Lipinski definition) is 1. The fourth-order valence-corrected chi connectivity index (χ4v) is 3.41. The van der Waals surface area contributed by atoms with Gasteiger partial charge in [-0.25, -0.2) is 0 Å². The molecule has 0 radical (unpaired) electrons. The molecule has 0 aromatic heterocycles. The van der Waals surface area contributed by atoms with Crippen molar-refractivity contribution in [1.82, 2.24) is 4.90 Å². The molecule has 0 aliphatic heterocycles. The maximum Gasteiger partial charge on any atom is 0.0166 e. The summed E-state index contributed by atoms with van der Waals surface area (Å²) in [6.07, 6.45) is 23.9. The summed E-state index contributed by atoms with van der Waals surface area (Å²) in [5, 5.41) is 0. The van der Waals surface area contributed by atoms with Gasteiger partial charge in [0.1, 0.15) is 0 Å². The number of rotatable bonds is 19. The van der Waals surface area contributed by atoms with Crippen molar-refractivity contribution >= 4 is 17.0 Å². The van der Waals surface area contributed by atoms with Gasteiger partial charge in [0, 0.05) is 19.1 Å². The Morgan fingerprint density at radius 1 is 0.680 bits per heavy atom. The molecule has 0 aromatic rings. The Labute approximate surface area is 170 Å². The van der Waals surface area contributed by atoms with Gasteiger partial charge in [0.15, 0.2) is 0 Å². The first-order chi connectivity index (χ1) is 11.8. The Morgan fingerprint density at radius 2 is 1.04 bits per heavy atom. The third kappa shape index (κ3) is 18.5. The van der Waals surface area contributed by atoms with Crippen LogP contribution in [0, 0.1) is 0 Å². The van der Waals surface area contributed by atoms with Crippen molar-refractivity contribution < 1.29 is 0 Å². The Morgan fingerprint density at radius 3 is 1.40 bits per heavy atom. The third-order valence-corrected chi connectivity index (χ3v) is 5.08. The highest BCUT2D eigenvalue weighted by Gasteiger charge is 2.10. The molecule has 0 aromatic carbocycles. The highest BCUT2D eigenvalue weighted by molar-refractivity contribution is 8.93. The third-order valence-electron chi connectivity index (χ3n) is 5.08. The van der Waals surface area contributed by atoms with E-state index in [4.69, 9.17) is 0 Å². The molecule has 0 fully saturated rings. The van der Waals surface area contributed by atoms with Crippen LogP contribution in [0.2, 0.25) is 0 Å². The smallest absolute Gasteiger partial charge is 0.0166 e. The molecule has 0 amide bonds. The predicted molar refractivity (Wildman–Crippen MR) is 122 cm³/mol. The van der Waals surface area contributed by atoms with Gasteiger partial charge in [-0.05, 0) is 13.3 Å². The van der Waals surface area contributed by atoms with Crippen molar-refractivity contribution in [3.05, 3.63) is 25.3 Å². The quantitative estimate of drug-likeness (QED) is 0.152. The zero-order valence-corrected chi connectivity index (χ0v) is 19.0. The van der Waals surface area contributed by atoms with Crippen molar-refractivity contribution in [2.45, 2.75) is 110 Å². The van der Waals surface area contributed by atoms with Crippen LogP contribution in [0.15, 0.2) is 25.3 Å². The molecule has 150 valence electrons. The molecule has 0 N–H and O–H groups in total. The standard InChI is InChI=1S/C23H45N.BrH/c1-5-8-9-10-11-12-13-14-15-16-17-18-19-20-23(4)24(21-6-2)22-7-3;/h6-7,23H,2-3,5,8-22H2,1,4H3;1H. The van der Waals surface area contributed by atoms with Gasteiger partial charge in [0.05, 0.1) is 0 Å². The van der Waals surface area contributed by atoms with Crippen LogP contribution in [0.4, 0.5) is 0 Å². The molecule has 0 heterocycles. The lowest BCUT2D eigenvalue weighted by atomic mass is 10.0. The summed E-state index contributed by atoms with van der Waals surface area (Å²) in [7, 11) is 0. The van der Waals surface area contributed by atoms with Gasteiger partial charge in [-0.1, -0.05) is 103 Å². The molecule has 0 saturated carbocycles. The van der Waals surface area contributed by atoms with Gasteiger partial charge in [0.25, 0.3) is 0 Å². The second-order valence-corrected chi connectivity index (χ2v) is 7.41. The molecule has 2 heteroatoms. The van der Waals surface area contributed by atoms with Crippen molar-refractivity contribution in [3.63, 3.8) is 0 Å². The van der Waals surface area contributed by atoms with E-state index in [0.29, 0.717) is 6.04 Å². The lowest BCUT2D eigenvalue weighted by molar-refractivity contribution is 0.239. The fourth-order valence-electron chi connectivity index (χ4n) is 3.41. The van der Waals surface area contributed by atoms with Gasteiger partial charge < -0.3 is 0 Å². The highest BCUT2D eigenvalue weighted by Crippen LogP contribution is 2.14. The molecule has 0 rings (SSSR count). The van der Waals surface area contributed by atoms with E-state index in [1.165, 1.54) is 89.9 Å². The zero-order valence-electron chi connectivity index (χ0n) is 17.3. The van der Waals surface area contributed by atoms with E-state index in [-0.39, 0.29) is 17.0 Å². The zero-order chi connectivity index (χ0) is 17.9. The second kappa shape index (κ2) is 22.0. The average Bonchev–Trinajstić information content (AvgIpc) is 2.58. The van der Waals surface area contributed by atoms with Crippen molar-refractivity contribution in [2.24, 2.45) is 0 Å². The van der Waals surface area contributed by atoms with Crippen LogP contribution in [0.1, 0.15) is 104 Å². The summed E-state index contributed by atoms with van der Waals surface area (Å²) >= 11 is 0. The fraction of sp³-hybridized carbons (Fsp3) is 0.826. The molecule has 0 spiro atoms. The molecule has 0 aliphatic carbocycles. The van der Waals surface area contributed by atoms with E-state index < -0.39 is 0 Å². The molecule has 0 saturated heterocycles.